The third-order valence-corrected chi connectivity index (χ3v) is 2.80. The lowest BCUT2D eigenvalue weighted by atomic mass is 10.0. The maximum atomic E-state index is 12.9. The van der Waals surface area contributed by atoms with Gasteiger partial charge < -0.3 is 11.1 Å². The molecule has 1 aromatic rings. The molecule has 18 heavy (non-hydrogen) atoms. The predicted molar refractivity (Wildman–Crippen MR) is 62.9 cm³/mol. The molecule has 0 spiro atoms. The minimum absolute atomic E-state index is 0.0562. The first-order valence-electron chi connectivity index (χ1n) is 4.98. The van der Waals surface area contributed by atoms with E-state index >= 15 is 0 Å². The van der Waals surface area contributed by atoms with Crippen molar-refractivity contribution in [2.45, 2.75) is 11.3 Å². The summed E-state index contributed by atoms with van der Waals surface area (Å²) in [7, 11) is 0. The van der Waals surface area contributed by atoms with Gasteiger partial charge in [0.2, 0.25) is 5.12 Å². The zero-order valence-corrected chi connectivity index (χ0v) is 9.76. The van der Waals surface area contributed by atoms with Gasteiger partial charge in [-0.1, -0.05) is 29.8 Å². The smallest absolute Gasteiger partial charge is 0.384 e. The fourth-order valence-corrected chi connectivity index (χ4v) is 1.97. The summed E-state index contributed by atoms with van der Waals surface area (Å²) in [5.41, 5.74) is 4.43. The van der Waals surface area contributed by atoms with Crippen LogP contribution in [0.3, 0.4) is 0 Å². The fraction of sp³-hybridized carbons (Fsp3) is 0.182. The molecule has 1 atom stereocenters. The number of nitrogens with two attached hydrogens (primary N) is 1. The quantitative estimate of drug-likeness (QED) is 0.611. The van der Waals surface area contributed by atoms with Crippen LogP contribution in [-0.2, 0) is 11.3 Å². The first kappa shape index (κ1) is 12.8. The Labute approximate surface area is 106 Å². The average molecular weight is 276 g/mol. The highest BCUT2D eigenvalue weighted by molar-refractivity contribution is 6.24. The SMILES string of the molecule is NC1=NC(Cl)(c2ccccc2C(F)(F)F)NC=C1. The van der Waals surface area contributed by atoms with Crippen molar-refractivity contribution in [1.29, 1.82) is 0 Å². The van der Waals surface area contributed by atoms with Crippen LogP contribution < -0.4 is 11.1 Å². The van der Waals surface area contributed by atoms with E-state index in [0.717, 1.165) is 6.07 Å². The Hall–Kier alpha value is -1.69. The van der Waals surface area contributed by atoms with Crippen molar-refractivity contribution in [3.05, 3.63) is 47.7 Å². The maximum Gasteiger partial charge on any atom is 0.416 e. The molecule has 0 bridgehead atoms. The van der Waals surface area contributed by atoms with Crippen molar-refractivity contribution >= 4 is 17.4 Å². The standard InChI is InChI=1S/C11H9ClF3N3/c12-10(17-6-5-9(16)18-10)7-3-1-2-4-8(7)11(13,14)15/h1-6,17H,(H2,16,18). The lowest BCUT2D eigenvalue weighted by Gasteiger charge is -2.28. The Bertz CT molecular complexity index is 525. The fourth-order valence-electron chi connectivity index (χ4n) is 1.64. The largest absolute Gasteiger partial charge is 0.416 e. The Morgan fingerprint density at radius 2 is 1.94 bits per heavy atom. The van der Waals surface area contributed by atoms with Crippen LogP contribution in [0.4, 0.5) is 13.2 Å². The molecule has 1 aliphatic rings. The third kappa shape index (κ3) is 2.28. The second-order valence-corrected chi connectivity index (χ2v) is 4.23. The Morgan fingerprint density at radius 1 is 1.28 bits per heavy atom. The number of rotatable bonds is 1. The molecule has 0 fully saturated rings. The maximum absolute atomic E-state index is 12.9. The summed E-state index contributed by atoms with van der Waals surface area (Å²) < 4.78 is 38.7. The van der Waals surface area contributed by atoms with E-state index in [2.05, 4.69) is 10.3 Å². The average Bonchev–Trinajstić information content (AvgIpc) is 2.27. The van der Waals surface area contributed by atoms with Gasteiger partial charge in [-0.15, -0.1) is 0 Å². The Kier molecular flexibility index (Phi) is 2.98. The number of aliphatic imine (C=N–C) groups is 1. The van der Waals surface area contributed by atoms with Crippen LogP contribution >= 0.6 is 11.6 Å². The van der Waals surface area contributed by atoms with Gasteiger partial charge in [-0.2, -0.15) is 13.2 Å². The number of amidine groups is 1. The number of nitrogens with zero attached hydrogens (tertiary/aromatic N) is 1. The van der Waals surface area contributed by atoms with Crippen LogP contribution in [0.25, 0.3) is 0 Å². The number of hydrogen-bond acceptors (Lipinski definition) is 3. The van der Waals surface area contributed by atoms with Gasteiger partial charge >= 0.3 is 6.18 Å². The van der Waals surface area contributed by atoms with Crippen LogP contribution in [0.1, 0.15) is 11.1 Å². The summed E-state index contributed by atoms with van der Waals surface area (Å²) in [6.45, 7) is 0. The van der Waals surface area contributed by atoms with Crippen molar-refractivity contribution in [3.8, 4) is 0 Å². The Balaban J connectivity index is 2.56. The molecule has 2 rings (SSSR count). The minimum Gasteiger partial charge on any atom is -0.384 e. The van der Waals surface area contributed by atoms with Gasteiger partial charge in [-0.3, -0.25) is 0 Å². The highest BCUT2D eigenvalue weighted by atomic mass is 35.5. The first-order chi connectivity index (χ1) is 8.33. The van der Waals surface area contributed by atoms with Crippen molar-refractivity contribution in [3.63, 3.8) is 0 Å². The van der Waals surface area contributed by atoms with Gasteiger partial charge in [0.1, 0.15) is 5.84 Å². The summed E-state index contributed by atoms with van der Waals surface area (Å²) in [6, 6.07) is 4.96. The third-order valence-electron chi connectivity index (χ3n) is 2.40. The normalized spacial score (nSPS) is 23.4. The zero-order valence-electron chi connectivity index (χ0n) is 9.00. The van der Waals surface area contributed by atoms with Gasteiger partial charge in [0.25, 0.3) is 0 Å². The Morgan fingerprint density at radius 3 is 2.56 bits per heavy atom. The van der Waals surface area contributed by atoms with Crippen LogP contribution in [0.2, 0.25) is 0 Å². The topological polar surface area (TPSA) is 50.4 Å². The van der Waals surface area contributed by atoms with E-state index in [1.807, 2.05) is 0 Å². The molecule has 0 amide bonds. The molecule has 3 nitrogen and oxygen atoms in total. The van der Waals surface area contributed by atoms with Gasteiger partial charge in [0.05, 0.1) is 5.56 Å². The molecule has 0 aromatic heterocycles. The summed E-state index contributed by atoms with van der Waals surface area (Å²) in [4.78, 5) is 3.82. The first-order valence-corrected chi connectivity index (χ1v) is 5.36. The number of hydrogen-bond donors (Lipinski definition) is 2. The molecule has 0 aliphatic carbocycles. The second-order valence-electron chi connectivity index (χ2n) is 3.68. The molecule has 0 radical (unpaired) electrons. The molecule has 0 saturated heterocycles. The molecular formula is C11H9ClF3N3. The van der Waals surface area contributed by atoms with Gasteiger partial charge in [0.15, 0.2) is 0 Å². The number of benzene rings is 1. The summed E-state index contributed by atoms with van der Waals surface area (Å²) in [5, 5.41) is 0.841. The lowest BCUT2D eigenvalue weighted by Crippen LogP contribution is -2.38. The van der Waals surface area contributed by atoms with Crippen LogP contribution in [0.5, 0.6) is 0 Å². The molecule has 7 heteroatoms. The summed E-state index contributed by atoms with van der Waals surface area (Å²) >= 11 is 6.08. The molecule has 1 unspecified atom stereocenters. The van der Waals surface area contributed by atoms with Gasteiger partial charge in [-0.05, 0) is 12.1 Å². The molecule has 0 saturated carbocycles. The lowest BCUT2D eigenvalue weighted by molar-refractivity contribution is -0.138. The van der Waals surface area contributed by atoms with Crippen molar-refractivity contribution in [2.24, 2.45) is 10.7 Å². The van der Waals surface area contributed by atoms with Crippen molar-refractivity contribution in [2.75, 3.05) is 0 Å². The second kappa shape index (κ2) is 4.20. The highest BCUT2D eigenvalue weighted by Crippen LogP contribution is 2.39. The van der Waals surface area contributed by atoms with E-state index in [4.69, 9.17) is 17.3 Å². The zero-order chi connectivity index (χ0) is 13.4. The van der Waals surface area contributed by atoms with Crippen molar-refractivity contribution in [1.82, 2.24) is 5.32 Å². The van der Waals surface area contributed by atoms with E-state index in [1.165, 1.54) is 30.5 Å². The van der Waals surface area contributed by atoms with Crippen molar-refractivity contribution < 1.29 is 13.2 Å². The van der Waals surface area contributed by atoms with Crippen LogP contribution in [0.15, 0.2) is 41.5 Å². The highest BCUT2D eigenvalue weighted by Gasteiger charge is 2.41. The van der Waals surface area contributed by atoms with E-state index in [-0.39, 0.29) is 11.4 Å². The molecule has 96 valence electrons. The van der Waals surface area contributed by atoms with Gasteiger partial charge in [0, 0.05) is 11.8 Å². The van der Waals surface area contributed by atoms with E-state index < -0.39 is 16.9 Å². The predicted octanol–water partition coefficient (Wildman–Crippen LogP) is 2.53. The summed E-state index contributed by atoms with van der Waals surface area (Å²) in [5.74, 6) is 0.0562. The van der Waals surface area contributed by atoms with Gasteiger partial charge in [-0.25, -0.2) is 4.99 Å². The molecular weight excluding hydrogens is 267 g/mol. The van der Waals surface area contributed by atoms with Crippen LogP contribution in [-0.4, -0.2) is 5.84 Å². The molecule has 3 N–H and O–H groups in total. The summed E-state index contributed by atoms with van der Waals surface area (Å²) in [6.07, 6.45) is -1.73. The van der Waals surface area contributed by atoms with Crippen LogP contribution in [0, 0.1) is 0 Å². The molecule has 1 heterocycles. The number of nitrogens with one attached hydrogen (secondary N) is 1. The monoisotopic (exact) mass is 275 g/mol. The van der Waals surface area contributed by atoms with E-state index in [9.17, 15) is 13.2 Å². The van der Waals surface area contributed by atoms with E-state index in [1.54, 1.807) is 0 Å². The number of alkyl halides is 4. The molecule has 1 aromatic carbocycles. The van der Waals surface area contributed by atoms with E-state index in [0.29, 0.717) is 0 Å². The number of halogens is 4. The molecule has 1 aliphatic heterocycles. The minimum atomic E-state index is -4.51.